The maximum absolute atomic E-state index is 11.1. The number of carbonyl (C=O) groups excluding carboxylic acids is 1. The van der Waals surface area contributed by atoms with E-state index in [1.54, 1.807) is 6.07 Å². The number of amides is 1. The summed E-state index contributed by atoms with van der Waals surface area (Å²) < 4.78 is 5.13. The van der Waals surface area contributed by atoms with Gasteiger partial charge in [0, 0.05) is 12.4 Å². The van der Waals surface area contributed by atoms with E-state index in [0.29, 0.717) is 5.75 Å². The van der Waals surface area contributed by atoms with Gasteiger partial charge in [-0.3, -0.25) is 0 Å². The second-order valence-electron chi connectivity index (χ2n) is 3.20. The Bertz CT molecular complexity index is 537. The Morgan fingerprint density at radius 1 is 1.22 bits per heavy atom. The lowest BCUT2D eigenvalue weighted by molar-refractivity contribution is 0.203. The summed E-state index contributed by atoms with van der Waals surface area (Å²) in [5, 5.41) is 12.3. The van der Waals surface area contributed by atoms with Crippen LogP contribution in [-0.4, -0.2) is 18.3 Å². The average molecular weight is 248 g/mol. The number of ether oxygens (including phenoxy) is 1. The van der Waals surface area contributed by atoms with Gasteiger partial charge in [0.25, 0.3) is 0 Å². The van der Waals surface area contributed by atoms with E-state index in [9.17, 15) is 4.79 Å². The summed E-state index contributed by atoms with van der Waals surface area (Å²) in [6.45, 7) is 0. The molecular formula is C12H12N2O4. The quantitative estimate of drug-likeness (QED) is 0.600. The molecule has 2 rings (SSSR count). The van der Waals surface area contributed by atoms with E-state index in [0.717, 1.165) is 10.8 Å². The highest BCUT2D eigenvalue weighted by Gasteiger charge is 2.04. The molecule has 6 nitrogen and oxygen atoms in total. The van der Waals surface area contributed by atoms with Gasteiger partial charge in [-0.05, 0) is 11.5 Å². The zero-order chi connectivity index (χ0) is 13.4. The third-order valence-corrected chi connectivity index (χ3v) is 2.16. The number of carbonyl (C=O) groups is 1. The molecule has 0 aliphatic heterocycles. The second-order valence-corrected chi connectivity index (χ2v) is 3.20. The van der Waals surface area contributed by atoms with Crippen LogP contribution in [-0.2, 0) is 0 Å². The first-order chi connectivity index (χ1) is 8.72. The first-order valence-electron chi connectivity index (χ1n) is 5.07. The minimum Gasteiger partial charge on any atom is -0.410 e. The minimum absolute atomic E-state index is 0.452. The van der Waals surface area contributed by atoms with Crippen molar-refractivity contribution < 1.29 is 14.7 Å². The Labute approximate surface area is 103 Å². The lowest BCUT2D eigenvalue weighted by atomic mass is 10.1. The molecule has 18 heavy (non-hydrogen) atoms. The van der Waals surface area contributed by atoms with Crippen LogP contribution in [0, 0.1) is 4.91 Å². The van der Waals surface area contributed by atoms with E-state index in [1.807, 2.05) is 36.4 Å². The van der Waals surface area contributed by atoms with Crippen molar-refractivity contribution in [3.63, 3.8) is 0 Å². The van der Waals surface area contributed by atoms with Crippen LogP contribution < -0.4 is 10.1 Å². The fourth-order valence-corrected chi connectivity index (χ4v) is 1.44. The lowest BCUT2D eigenvalue weighted by Crippen LogP contribution is -2.22. The SMILES string of the molecule is CNC(=O)Oc1cccc2ccccc12.O=NO. The number of hydrogen-bond acceptors (Lipinski definition) is 4. The molecule has 0 aliphatic rings. The number of hydrogen-bond donors (Lipinski definition) is 2. The van der Waals surface area contributed by atoms with Gasteiger partial charge in [-0.15, -0.1) is 4.91 Å². The molecule has 1 amide bonds. The number of benzene rings is 2. The molecule has 0 fully saturated rings. The molecule has 0 saturated heterocycles. The van der Waals surface area contributed by atoms with E-state index in [2.05, 4.69) is 5.32 Å². The van der Waals surface area contributed by atoms with Crippen LogP contribution in [0.15, 0.2) is 47.8 Å². The Balaban J connectivity index is 0.000000492. The topological polar surface area (TPSA) is 88.0 Å². The average Bonchev–Trinajstić information content (AvgIpc) is 2.40. The molecule has 0 saturated carbocycles. The molecule has 2 aromatic carbocycles. The van der Waals surface area contributed by atoms with Gasteiger partial charge < -0.3 is 15.3 Å². The Morgan fingerprint density at radius 3 is 2.50 bits per heavy atom. The summed E-state index contributed by atoms with van der Waals surface area (Å²) in [6, 6.07) is 13.4. The van der Waals surface area contributed by atoms with Crippen molar-refractivity contribution in [3.8, 4) is 5.75 Å². The first kappa shape index (κ1) is 13.4. The van der Waals surface area contributed by atoms with Crippen LogP contribution in [0.25, 0.3) is 10.8 Å². The third kappa shape index (κ3) is 3.44. The standard InChI is InChI=1S/C12H11NO2.HNO2/c1-13-12(14)15-11-8-4-6-9-5-2-3-7-10(9)11;2-1-3/h2-8H,1H3,(H,13,14);(H,2,3). The Kier molecular flexibility index (Phi) is 5.11. The molecular weight excluding hydrogens is 236 g/mol. The second kappa shape index (κ2) is 6.85. The van der Waals surface area contributed by atoms with Crippen LogP contribution in [0.5, 0.6) is 5.75 Å². The number of nitrogens with one attached hydrogen (secondary N) is 1. The van der Waals surface area contributed by atoms with Crippen LogP contribution in [0.1, 0.15) is 0 Å². The van der Waals surface area contributed by atoms with Crippen LogP contribution in [0.2, 0.25) is 0 Å². The molecule has 2 aromatic rings. The van der Waals surface area contributed by atoms with Gasteiger partial charge in [0.15, 0.2) is 5.34 Å². The van der Waals surface area contributed by atoms with Gasteiger partial charge in [0.1, 0.15) is 5.75 Å². The highest BCUT2D eigenvalue weighted by Crippen LogP contribution is 2.24. The van der Waals surface area contributed by atoms with E-state index in [4.69, 9.17) is 14.9 Å². The largest absolute Gasteiger partial charge is 0.412 e. The number of rotatable bonds is 1. The maximum atomic E-state index is 11.1. The van der Waals surface area contributed by atoms with Crippen molar-refractivity contribution in [1.82, 2.24) is 5.32 Å². The Morgan fingerprint density at radius 2 is 1.83 bits per heavy atom. The van der Waals surface area contributed by atoms with Gasteiger partial charge in [0.05, 0.1) is 0 Å². The van der Waals surface area contributed by atoms with E-state index >= 15 is 0 Å². The zero-order valence-corrected chi connectivity index (χ0v) is 9.66. The molecule has 6 heteroatoms. The van der Waals surface area contributed by atoms with Gasteiger partial charge >= 0.3 is 6.09 Å². The van der Waals surface area contributed by atoms with Gasteiger partial charge in [-0.25, -0.2) is 4.79 Å². The van der Waals surface area contributed by atoms with Gasteiger partial charge in [-0.1, -0.05) is 36.4 Å². The van der Waals surface area contributed by atoms with Crippen LogP contribution in [0.3, 0.4) is 0 Å². The van der Waals surface area contributed by atoms with Crippen molar-refractivity contribution in [3.05, 3.63) is 47.4 Å². The number of fused-ring (bicyclic) bond motifs is 1. The molecule has 0 spiro atoms. The van der Waals surface area contributed by atoms with Crippen molar-refractivity contribution in [1.29, 1.82) is 0 Å². The fraction of sp³-hybridized carbons (Fsp3) is 0.0833. The van der Waals surface area contributed by atoms with Crippen LogP contribution in [0.4, 0.5) is 4.79 Å². The van der Waals surface area contributed by atoms with Gasteiger partial charge in [-0.2, -0.15) is 0 Å². The molecule has 2 N–H and O–H groups in total. The molecule has 0 aromatic heterocycles. The predicted octanol–water partition coefficient (Wildman–Crippen LogP) is 2.70. The number of nitrogens with zero attached hydrogens (tertiary/aromatic N) is 1. The maximum Gasteiger partial charge on any atom is 0.412 e. The normalized spacial score (nSPS) is 8.94. The van der Waals surface area contributed by atoms with Crippen molar-refractivity contribution in [2.24, 2.45) is 5.34 Å². The van der Waals surface area contributed by atoms with E-state index < -0.39 is 6.09 Å². The van der Waals surface area contributed by atoms with Gasteiger partial charge in [0.2, 0.25) is 0 Å². The molecule has 0 unspecified atom stereocenters. The first-order valence-corrected chi connectivity index (χ1v) is 5.07. The summed E-state index contributed by atoms with van der Waals surface area (Å²) >= 11 is 0. The Hall–Kier alpha value is -2.63. The summed E-state index contributed by atoms with van der Waals surface area (Å²) in [5.74, 6) is 0.576. The molecule has 0 heterocycles. The summed E-state index contributed by atoms with van der Waals surface area (Å²) in [7, 11) is 1.54. The third-order valence-electron chi connectivity index (χ3n) is 2.16. The molecule has 94 valence electrons. The highest BCUT2D eigenvalue weighted by atomic mass is 16.6. The molecule has 0 radical (unpaired) electrons. The molecule has 0 atom stereocenters. The monoisotopic (exact) mass is 248 g/mol. The summed E-state index contributed by atoms with van der Waals surface area (Å²) in [4.78, 5) is 19.2. The van der Waals surface area contributed by atoms with E-state index in [-0.39, 0.29) is 0 Å². The summed E-state index contributed by atoms with van der Waals surface area (Å²) in [5.41, 5.74) is 0. The minimum atomic E-state index is -0.452. The molecule has 0 aliphatic carbocycles. The van der Waals surface area contributed by atoms with E-state index in [1.165, 1.54) is 12.4 Å². The fourth-order valence-electron chi connectivity index (χ4n) is 1.44. The molecule has 0 bridgehead atoms. The summed E-state index contributed by atoms with van der Waals surface area (Å²) in [6.07, 6.45) is -0.452. The van der Waals surface area contributed by atoms with Crippen molar-refractivity contribution in [2.45, 2.75) is 0 Å². The van der Waals surface area contributed by atoms with Crippen molar-refractivity contribution >= 4 is 16.9 Å². The predicted molar refractivity (Wildman–Crippen MR) is 66.6 cm³/mol. The smallest absolute Gasteiger partial charge is 0.410 e. The lowest BCUT2D eigenvalue weighted by Gasteiger charge is -2.06. The highest BCUT2D eigenvalue weighted by molar-refractivity contribution is 5.90. The van der Waals surface area contributed by atoms with Crippen LogP contribution >= 0.6 is 0 Å². The zero-order valence-electron chi connectivity index (χ0n) is 9.66. The van der Waals surface area contributed by atoms with Crippen molar-refractivity contribution in [2.75, 3.05) is 7.05 Å².